The third kappa shape index (κ3) is 6.82. The van der Waals surface area contributed by atoms with Gasteiger partial charge in [-0.15, -0.1) is 13.2 Å². The minimum atomic E-state index is -4.61. The maximum absolute atomic E-state index is 12.3. The normalized spacial score (nSPS) is 25.0. The molecule has 3 rings (SSSR count). The van der Waals surface area contributed by atoms with Crippen LogP contribution in [0.5, 0.6) is 5.75 Å². The Morgan fingerprint density at radius 2 is 1.46 bits per heavy atom. The van der Waals surface area contributed by atoms with Crippen molar-refractivity contribution in [2.45, 2.75) is 95.1 Å². The molecule has 5 heteroatoms. The number of hydrogen-bond acceptors (Lipinski definition) is 1. The average molecular weight is 412 g/mol. The number of benzene rings is 1. The van der Waals surface area contributed by atoms with E-state index in [1.165, 1.54) is 76.0 Å². The molecule has 0 atom stereocenters. The standard InChI is InChI=1S/C23H34F3OSi/c1-2-15-28-16-13-19(14-17-28)4-3-18-5-7-20(8-6-18)21-9-11-22(12-10-21)27-23(24,25)26/h9-12,18-20H,2-8,13-17H2,1H3. The first-order valence-electron chi connectivity index (χ1n) is 11.1. The molecule has 0 spiro atoms. The monoisotopic (exact) mass is 411 g/mol. The van der Waals surface area contributed by atoms with Gasteiger partial charge in [-0.25, -0.2) is 0 Å². The topological polar surface area (TPSA) is 9.23 Å². The fourth-order valence-corrected chi connectivity index (χ4v) is 8.27. The molecule has 0 unspecified atom stereocenters. The molecule has 1 aromatic carbocycles. The van der Waals surface area contributed by atoms with Crippen LogP contribution in [0.3, 0.4) is 0 Å². The van der Waals surface area contributed by atoms with Crippen LogP contribution in [0.4, 0.5) is 13.2 Å². The van der Waals surface area contributed by atoms with Crippen molar-refractivity contribution >= 4 is 8.80 Å². The van der Waals surface area contributed by atoms with Crippen LogP contribution < -0.4 is 4.74 Å². The molecule has 1 radical (unpaired) electrons. The summed E-state index contributed by atoms with van der Waals surface area (Å²) in [5, 5.41) is 0. The highest BCUT2D eigenvalue weighted by molar-refractivity contribution is 6.58. The minimum Gasteiger partial charge on any atom is -0.406 e. The smallest absolute Gasteiger partial charge is 0.406 e. The van der Waals surface area contributed by atoms with Gasteiger partial charge >= 0.3 is 6.36 Å². The van der Waals surface area contributed by atoms with E-state index >= 15 is 0 Å². The van der Waals surface area contributed by atoms with Gasteiger partial charge in [-0.3, -0.25) is 0 Å². The molecule has 1 aliphatic heterocycles. The Hall–Kier alpha value is -0.973. The summed E-state index contributed by atoms with van der Waals surface area (Å²) >= 11 is 0. The van der Waals surface area contributed by atoms with Crippen LogP contribution >= 0.6 is 0 Å². The van der Waals surface area contributed by atoms with E-state index in [-0.39, 0.29) is 14.5 Å². The second kappa shape index (κ2) is 10.2. The summed E-state index contributed by atoms with van der Waals surface area (Å²) in [5.74, 6) is 2.20. The van der Waals surface area contributed by atoms with Crippen molar-refractivity contribution in [1.29, 1.82) is 0 Å². The number of halogens is 3. The summed E-state index contributed by atoms with van der Waals surface area (Å²) in [6.07, 6.45) is 7.39. The number of alkyl halides is 3. The Kier molecular flexibility index (Phi) is 7.90. The van der Waals surface area contributed by atoms with Crippen molar-refractivity contribution in [1.82, 2.24) is 0 Å². The molecule has 0 aromatic heterocycles. The Morgan fingerprint density at radius 3 is 2.00 bits per heavy atom. The third-order valence-corrected chi connectivity index (χ3v) is 10.0. The van der Waals surface area contributed by atoms with Gasteiger partial charge in [0.05, 0.1) is 0 Å². The van der Waals surface area contributed by atoms with Crippen LogP contribution in [-0.2, 0) is 0 Å². The van der Waals surface area contributed by atoms with Crippen molar-refractivity contribution < 1.29 is 17.9 Å². The zero-order valence-electron chi connectivity index (χ0n) is 17.1. The fourth-order valence-electron chi connectivity index (χ4n) is 5.18. The molecule has 1 saturated carbocycles. The fraction of sp³-hybridized carbons (Fsp3) is 0.739. The maximum Gasteiger partial charge on any atom is 0.573 e. The molecule has 1 nitrogen and oxygen atoms in total. The molecule has 0 amide bonds. The van der Waals surface area contributed by atoms with Gasteiger partial charge in [0.2, 0.25) is 0 Å². The first-order chi connectivity index (χ1) is 13.4. The molecule has 2 aliphatic rings. The summed E-state index contributed by atoms with van der Waals surface area (Å²) in [6.45, 7) is 2.32. The van der Waals surface area contributed by atoms with Gasteiger partial charge in [-0.1, -0.05) is 69.3 Å². The van der Waals surface area contributed by atoms with Crippen LogP contribution in [0.25, 0.3) is 0 Å². The van der Waals surface area contributed by atoms with Crippen molar-refractivity contribution in [2.24, 2.45) is 11.8 Å². The van der Waals surface area contributed by atoms with Crippen molar-refractivity contribution in [2.75, 3.05) is 0 Å². The lowest BCUT2D eigenvalue weighted by molar-refractivity contribution is -0.274. The van der Waals surface area contributed by atoms with Crippen LogP contribution in [0, 0.1) is 11.8 Å². The lowest BCUT2D eigenvalue weighted by Gasteiger charge is -2.31. The Labute approximate surface area is 169 Å². The molecule has 1 saturated heterocycles. The van der Waals surface area contributed by atoms with E-state index in [1.807, 2.05) is 12.1 Å². The van der Waals surface area contributed by atoms with E-state index < -0.39 is 6.36 Å². The lowest BCUT2D eigenvalue weighted by atomic mass is 9.76. The number of rotatable bonds is 7. The highest BCUT2D eigenvalue weighted by Gasteiger charge is 2.31. The molecule has 1 aromatic rings. The van der Waals surface area contributed by atoms with Gasteiger partial charge in [0, 0.05) is 8.80 Å². The van der Waals surface area contributed by atoms with Gasteiger partial charge in [0.1, 0.15) is 5.75 Å². The van der Waals surface area contributed by atoms with Gasteiger partial charge in [0.15, 0.2) is 0 Å². The van der Waals surface area contributed by atoms with Gasteiger partial charge < -0.3 is 4.74 Å². The molecule has 28 heavy (non-hydrogen) atoms. The van der Waals surface area contributed by atoms with Crippen LogP contribution in [-0.4, -0.2) is 15.2 Å². The summed E-state index contributed by atoms with van der Waals surface area (Å²) < 4.78 is 40.8. The number of ether oxygens (including phenoxy) is 1. The predicted octanol–water partition coefficient (Wildman–Crippen LogP) is 7.95. The Balaban J connectivity index is 1.36. The van der Waals surface area contributed by atoms with E-state index in [1.54, 1.807) is 12.1 Å². The van der Waals surface area contributed by atoms with Crippen LogP contribution in [0.15, 0.2) is 24.3 Å². The minimum absolute atomic E-state index is 0.00434. The molecule has 1 aliphatic carbocycles. The average Bonchev–Trinajstić information content (AvgIpc) is 2.68. The lowest BCUT2D eigenvalue weighted by Crippen LogP contribution is -2.22. The van der Waals surface area contributed by atoms with Gasteiger partial charge in [-0.05, 0) is 61.1 Å². The summed E-state index contributed by atoms with van der Waals surface area (Å²) in [5.41, 5.74) is 1.16. The molecule has 2 fully saturated rings. The molecule has 0 N–H and O–H groups in total. The van der Waals surface area contributed by atoms with Gasteiger partial charge in [-0.2, -0.15) is 0 Å². The summed E-state index contributed by atoms with van der Waals surface area (Å²) in [6, 6.07) is 11.1. The first kappa shape index (κ1) is 21.7. The SMILES string of the molecule is CCC[Si]1CCC(CCC2CCC(c3ccc(OC(F)(F)F)cc3)CC2)CC1. The van der Waals surface area contributed by atoms with Gasteiger partial charge in [0.25, 0.3) is 0 Å². The Bertz CT molecular complexity index is 571. The van der Waals surface area contributed by atoms with E-state index in [4.69, 9.17) is 0 Å². The van der Waals surface area contributed by atoms with Crippen molar-refractivity contribution in [3.05, 3.63) is 29.8 Å². The second-order valence-electron chi connectivity index (χ2n) is 8.86. The van der Waals surface area contributed by atoms with E-state index in [9.17, 15) is 13.2 Å². The second-order valence-corrected chi connectivity index (χ2v) is 11.9. The summed E-state index contributed by atoms with van der Waals surface area (Å²) in [4.78, 5) is 0. The molecular weight excluding hydrogens is 377 g/mol. The van der Waals surface area contributed by atoms with Crippen molar-refractivity contribution in [3.8, 4) is 5.75 Å². The Morgan fingerprint density at radius 1 is 0.893 bits per heavy atom. The molecule has 1 heterocycles. The van der Waals surface area contributed by atoms with Crippen molar-refractivity contribution in [3.63, 3.8) is 0 Å². The van der Waals surface area contributed by atoms with E-state index in [0.29, 0.717) is 5.92 Å². The zero-order valence-corrected chi connectivity index (χ0v) is 18.1. The quantitative estimate of drug-likeness (QED) is 0.414. The maximum atomic E-state index is 12.3. The summed E-state index contributed by atoms with van der Waals surface area (Å²) in [7, 11) is 0.00434. The predicted molar refractivity (Wildman–Crippen MR) is 110 cm³/mol. The molecular formula is C23H34F3OSi. The van der Waals surface area contributed by atoms with Crippen LogP contribution in [0.2, 0.25) is 18.1 Å². The van der Waals surface area contributed by atoms with E-state index in [2.05, 4.69) is 11.7 Å². The van der Waals surface area contributed by atoms with E-state index in [0.717, 1.165) is 17.4 Å². The highest BCUT2D eigenvalue weighted by Crippen LogP contribution is 2.40. The zero-order chi connectivity index (χ0) is 20.0. The number of hydrogen-bond donors (Lipinski definition) is 0. The first-order valence-corrected chi connectivity index (χ1v) is 13.2. The van der Waals surface area contributed by atoms with Crippen LogP contribution in [0.1, 0.15) is 76.2 Å². The highest BCUT2D eigenvalue weighted by atomic mass is 28.3. The molecule has 0 bridgehead atoms. The molecule has 157 valence electrons. The largest absolute Gasteiger partial charge is 0.573 e. The third-order valence-electron chi connectivity index (χ3n) is 6.83.